The van der Waals surface area contributed by atoms with Gasteiger partial charge in [-0.05, 0) is 36.1 Å². The molecule has 0 atom stereocenters. The largest absolute Gasteiger partial charge is 0.453 e. The Morgan fingerprint density at radius 2 is 1.64 bits per heavy atom. The van der Waals surface area contributed by atoms with Crippen molar-refractivity contribution in [3.63, 3.8) is 0 Å². The third-order valence-corrected chi connectivity index (χ3v) is 4.49. The Balaban J connectivity index is 1.75. The van der Waals surface area contributed by atoms with Crippen LogP contribution in [0.3, 0.4) is 0 Å². The SMILES string of the molecule is COC(=O)NCCC(=O)N(c1ccccc1)C1Cc2ccccc2C1. The second kappa shape index (κ2) is 7.83. The normalized spacial score (nSPS) is 13.2. The molecule has 2 aromatic rings. The first kappa shape index (κ1) is 17.0. The first-order chi connectivity index (χ1) is 12.2. The van der Waals surface area contributed by atoms with Gasteiger partial charge in [0, 0.05) is 24.7 Å². The first-order valence-corrected chi connectivity index (χ1v) is 8.44. The van der Waals surface area contributed by atoms with Crippen LogP contribution in [0.4, 0.5) is 10.5 Å². The molecule has 0 unspecified atom stereocenters. The fourth-order valence-electron chi connectivity index (χ4n) is 3.33. The van der Waals surface area contributed by atoms with Crippen LogP contribution in [0.2, 0.25) is 0 Å². The van der Waals surface area contributed by atoms with Crippen LogP contribution in [-0.2, 0) is 22.4 Å². The predicted molar refractivity (Wildman–Crippen MR) is 96.6 cm³/mol. The number of nitrogens with one attached hydrogen (secondary N) is 1. The summed E-state index contributed by atoms with van der Waals surface area (Å²) in [5.41, 5.74) is 3.49. The number of hydrogen-bond acceptors (Lipinski definition) is 3. The molecule has 0 aromatic heterocycles. The van der Waals surface area contributed by atoms with Crippen LogP contribution >= 0.6 is 0 Å². The number of methoxy groups -OCH3 is 1. The highest BCUT2D eigenvalue weighted by atomic mass is 16.5. The summed E-state index contributed by atoms with van der Waals surface area (Å²) in [4.78, 5) is 25.9. The number of ether oxygens (including phenoxy) is 1. The maximum atomic E-state index is 12.9. The highest BCUT2D eigenvalue weighted by Gasteiger charge is 2.30. The van der Waals surface area contributed by atoms with E-state index in [1.54, 1.807) is 0 Å². The number of benzene rings is 2. The standard InChI is InChI=1S/C20H22N2O3/c1-25-20(24)21-12-11-19(23)22(17-9-3-2-4-10-17)18-13-15-7-5-6-8-16(15)14-18/h2-10,18H,11-14H2,1H3,(H,21,24). The molecule has 0 saturated heterocycles. The summed E-state index contributed by atoms with van der Waals surface area (Å²) in [6, 6.07) is 18.1. The van der Waals surface area contributed by atoms with Crippen LogP contribution in [0.15, 0.2) is 54.6 Å². The monoisotopic (exact) mass is 338 g/mol. The van der Waals surface area contributed by atoms with E-state index in [2.05, 4.69) is 22.2 Å². The van der Waals surface area contributed by atoms with E-state index in [4.69, 9.17) is 0 Å². The van der Waals surface area contributed by atoms with Crippen LogP contribution in [0.25, 0.3) is 0 Å². The Bertz CT molecular complexity index is 721. The molecule has 130 valence electrons. The molecular weight excluding hydrogens is 316 g/mol. The summed E-state index contributed by atoms with van der Waals surface area (Å²) in [5.74, 6) is 0.000379. The Hall–Kier alpha value is -2.82. The lowest BCUT2D eigenvalue weighted by Crippen LogP contribution is -2.42. The number of carbonyl (C=O) groups excluding carboxylic acids is 2. The number of anilines is 1. The summed E-state index contributed by atoms with van der Waals surface area (Å²) in [6.07, 6.45) is 1.41. The van der Waals surface area contributed by atoms with Crippen molar-refractivity contribution in [2.75, 3.05) is 18.6 Å². The fraction of sp³-hybridized carbons (Fsp3) is 0.300. The van der Waals surface area contributed by atoms with Crippen LogP contribution < -0.4 is 10.2 Å². The fourth-order valence-corrected chi connectivity index (χ4v) is 3.33. The minimum absolute atomic E-state index is 0.000379. The van der Waals surface area contributed by atoms with Gasteiger partial charge in [0.05, 0.1) is 7.11 Å². The first-order valence-electron chi connectivity index (χ1n) is 8.44. The van der Waals surface area contributed by atoms with E-state index in [1.165, 1.54) is 18.2 Å². The minimum Gasteiger partial charge on any atom is -0.453 e. The van der Waals surface area contributed by atoms with Crippen molar-refractivity contribution in [3.8, 4) is 0 Å². The number of nitrogens with zero attached hydrogens (tertiary/aromatic N) is 1. The van der Waals surface area contributed by atoms with Crippen LogP contribution in [0.1, 0.15) is 17.5 Å². The number of para-hydroxylation sites is 1. The van der Waals surface area contributed by atoms with Gasteiger partial charge in [0.15, 0.2) is 0 Å². The third kappa shape index (κ3) is 3.99. The molecule has 0 aliphatic heterocycles. The van der Waals surface area contributed by atoms with Gasteiger partial charge >= 0.3 is 6.09 Å². The van der Waals surface area contributed by atoms with E-state index in [0.717, 1.165) is 18.5 Å². The molecule has 0 radical (unpaired) electrons. The van der Waals surface area contributed by atoms with Gasteiger partial charge in [0.2, 0.25) is 5.91 Å². The van der Waals surface area contributed by atoms with Gasteiger partial charge in [-0.25, -0.2) is 4.79 Å². The quantitative estimate of drug-likeness (QED) is 0.912. The molecule has 5 heteroatoms. The molecule has 1 aliphatic rings. The summed E-state index contributed by atoms with van der Waals surface area (Å²) in [5, 5.41) is 2.57. The van der Waals surface area contributed by atoms with Gasteiger partial charge in [-0.1, -0.05) is 42.5 Å². The molecular formula is C20H22N2O3. The second-order valence-corrected chi connectivity index (χ2v) is 6.10. The van der Waals surface area contributed by atoms with Crippen molar-refractivity contribution in [1.82, 2.24) is 5.32 Å². The minimum atomic E-state index is -0.521. The smallest absolute Gasteiger partial charge is 0.406 e. The Labute approximate surface area is 147 Å². The van der Waals surface area contributed by atoms with Crippen molar-refractivity contribution >= 4 is 17.7 Å². The Morgan fingerprint density at radius 3 is 2.24 bits per heavy atom. The molecule has 2 amide bonds. The van der Waals surface area contributed by atoms with E-state index in [0.29, 0.717) is 0 Å². The van der Waals surface area contributed by atoms with E-state index in [1.807, 2.05) is 47.4 Å². The van der Waals surface area contributed by atoms with Crippen LogP contribution in [0.5, 0.6) is 0 Å². The molecule has 3 rings (SSSR count). The lowest BCUT2D eigenvalue weighted by molar-refractivity contribution is -0.118. The molecule has 0 bridgehead atoms. The number of rotatable bonds is 5. The number of alkyl carbamates (subject to hydrolysis) is 1. The molecule has 0 saturated carbocycles. The average molecular weight is 338 g/mol. The zero-order chi connectivity index (χ0) is 17.6. The predicted octanol–water partition coefficient (Wildman–Crippen LogP) is 2.93. The summed E-state index contributed by atoms with van der Waals surface area (Å²) >= 11 is 0. The highest BCUT2D eigenvalue weighted by Crippen LogP contribution is 2.29. The third-order valence-electron chi connectivity index (χ3n) is 4.49. The number of fused-ring (bicyclic) bond motifs is 1. The number of hydrogen-bond donors (Lipinski definition) is 1. The highest BCUT2D eigenvalue weighted by molar-refractivity contribution is 5.94. The lowest BCUT2D eigenvalue weighted by atomic mass is 10.1. The van der Waals surface area contributed by atoms with Crippen molar-refractivity contribution in [2.45, 2.75) is 25.3 Å². The van der Waals surface area contributed by atoms with E-state index < -0.39 is 6.09 Å². The molecule has 5 nitrogen and oxygen atoms in total. The molecule has 2 aromatic carbocycles. The Kier molecular flexibility index (Phi) is 5.33. The number of amides is 2. The van der Waals surface area contributed by atoms with Crippen LogP contribution in [0, 0.1) is 0 Å². The van der Waals surface area contributed by atoms with Crippen molar-refractivity contribution in [1.29, 1.82) is 0 Å². The Morgan fingerprint density at radius 1 is 1.04 bits per heavy atom. The zero-order valence-electron chi connectivity index (χ0n) is 14.3. The van der Waals surface area contributed by atoms with Gasteiger partial charge in [-0.2, -0.15) is 0 Å². The van der Waals surface area contributed by atoms with E-state index >= 15 is 0 Å². The molecule has 0 heterocycles. The van der Waals surface area contributed by atoms with Crippen LogP contribution in [-0.4, -0.2) is 31.7 Å². The maximum Gasteiger partial charge on any atom is 0.406 e. The van der Waals surface area contributed by atoms with Gasteiger partial charge < -0.3 is 15.0 Å². The van der Waals surface area contributed by atoms with Crippen molar-refractivity contribution < 1.29 is 14.3 Å². The van der Waals surface area contributed by atoms with Crippen molar-refractivity contribution in [2.24, 2.45) is 0 Å². The van der Waals surface area contributed by atoms with E-state index in [9.17, 15) is 9.59 Å². The van der Waals surface area contributed by atoms with Gasteiger partial charge in [-0.15, -0.1) is 0 Å². The second-order valence-electron chi connectivity index (χ2n) is 6.10. The average Bonchev–Trinajstić information content (AvgIpc) is 3.06. The summed E-state index contributed by atoms with van der Waals surface area (Å²) in [7, 11) is 1.31. The summed E-state index contributed by atoms with van der Waals surface area (Å²) < 4.78 is 4.54. The maximum absolute atomic E-state index is 12.9. The van der Waals surface area contributed by atoms with Gasteiger partial charge in [0.25, 0.3) is 0 Å². The lowest BCUT2D eigenvalue weighted by Gasteiger charge is -2.29. The zero-order valence-corrected chi connectivity index (χ0v) is 14.3. The molecule has 0 fully saturated rings. The topological polar surface area (TPSA) is 58.6 Å². The van der Waals surface area contributed by atoms with Crippen molar-refractivity contribution in [3.05, 3.63) is 65.7 Å². The number of carbonyl (C=O) groups is 2. The van der Waals surface area contributed by atoms with Gasteiger partial charge in [-0.3, -0.25) is 4.79 Å². The molecule has 1 aliphatic carbocycles. The molecule has 1 N–H and O–H groups in total. The van der Waals surface area contributed by atoms with E-state index in [-0.39, 0.29) is 24.9 Å². The molecule has 0 spiro atoms. The molecule has 25 heavy (non-hydrogen) atoms. The summed E-state index contributed by atoms with van der Waals surface area (Å²) in [6.45, 7) is 0.258. The van der Waals surface area contributed by atoms with Gasteiger partial charge in [0.1, 0.15) is 0 Å².